The number of nitrogens with zero attached hydrogens (tertiary/aromatic N) is 3. The summed E-state index contributed by atoms with van der Waals surface area (Å²) in [6.45, 7) is 2.24. The fraction of sp³-hybridized carbons (Fsp3) is 0.364. The molecule has 2 heterocycles. The van der Waals surface area contributed by atoms with Gasteiger partial charge in [-0.2, -0.15) is 26.3 Å². The Balaban J connectivity index is 1.74. The fourth-order valence-corrected chi connectivity index (χ4v) is 4.60. The molecule has 5 nitrogen and oxygen atoms in total. The van der Waals surface area contributed by atoms with Crippen LogP contribution in [0.25, 0.3) is 10.2 Å². The molecule has 13 heteroatoms. The molecule has 0 atom stereocenters. The van der Waals surface area contributed by atoms with Gasteiger partial charge in [-0.3, -0.25) is 14.6 Å². The molecule has 0 unspecified atom stereocenters. The second-order valence-electron chi connectivity index (χ2n) is 7.81. The molecule has 1 fully saturated rings. The predicted molar refractivity (Wildman–Crippen MR) is 115 cm³/mol. The maximum atomic E-state index is 13.6. The molecule has 1 aliphatic rings. The third-order valence-electron chi connectivity index (χ3n) is 5.39. The number of morpholine rings is 1. The molecule has 35 heavy (non-hydrogen) atoms. The average molecular weight is 521 g/mol. The largest absolute Gasteiger partial charge is 0.416 e. The van der Waals surface area contributed by atoms with Crippen LogP contribution in [-0.2, 0) is 17.1 Å². The minimum atomic E-state index is -5.09. The number of fused-ring (bicyclic) bond motifs is 1. The van der Waals surface area contributed by atoms with Crippen molar-refractivity contribution in [2.24, 2.45) is 0 Å². The van der Waals surface area contributed by atoms with Gasteiger partial charge in [0.1, 0.15) is 5.82 Å². The van der Waals surface area contributed by atoms with Crippen LogP contribution in [0.1, 0.15) is 21.5 Å². The van der Waals surface area contributed by atoms with Crippen LogP contribution >= 0.6 is 11.3 Å². The SMILES string of the molecule is O=C(c1cc(C(F)(F)F)cc(C(F)(F)F)c1)N(CCN1CCOCC1)c1nc2ccc(F)cc2s1. The lowest BCUT2D eigenvalue weighted by atomic mass is 10.0. The Morgan fingerprint density at radius 1 is 1.00 bits per heavy atom. The number of benzene rings is 2. The van der Waals surface area contributed by atoms with Gasteiger partial charge in [-0.1, -0.05) is 11.3 Å². The van der Waals surface area contributed by atoms with E-state index in [1.807, 2.05) is 4.90 Å². The van der Waals surface area contributed by atoms with Crippen LogP contribution in [-0.4, -0.2) is 55.2 Å². The average Bonchev–Trinajstić information content (AvgIpc) is 3.21. The molecule has 0 aliphatic carbocycles. The highest BCUT2D eigenvalue weighted by atomic mass is 32.1. The highest BCUT2D eigenvalue weighted by Crippen LogP contribution is 2.37. The van der Waals surface area contributed by atoms with E-state index in [4.69, 9.17) is 4.74 Å². The topological polar surface area (TPSA) is 45.7 Å². The molecule has 0 bridgehead atoms. The summed E-state index contributed by atoms with van der Waals surface area (Å²) >= 11 is 0.915. The highest BCUT2D eigenvalue weighted by molar-refractivity contribution is 7.22. The lowest BCUT2D eigenvalue weighted by Gasteiger charge is -2.29. The van der Waals surface area contributed by atoms with Gasteiger partial charge in [0.2, 0.25) is 0 Å². The summed E-state index contributed by atoms with van der Waals surface area (Å²) in [4.78, 5) is 20.6. The van der Waals surface area contributed by atoms with E-state index >= 15 is 0 Å². The van der Waals surface area contributed by atoms with E-state index in [0.717, 1.165) is 22.3 Å². The van der Waals surface area contributed by atoms with Crippen LogP contribution in [0.15, 0.2) is 36.4 Å². The number of hydrogen-bond donors (Lipinski definition) is 0. The van der Waals surface area contributed by atoms with Gasteiger partial charge in [-0.25, -0.2) is 9.37 Å². The number of amides is 1. The van der Waals surface area contributed by atoms with Crippen molar-refractivity contribution in [1.82, 2.24) is 9.88 Å². The van der Waals surface area contributed by atoms with Crippen molar-refractivity contribution < 1.29 is 40.3 Å². The summed E-state index contributed by atoms with van der Waals surface area (Å²) < 4.78 is 99.3. The number of hydrogen-bond acceptors (Lipinski definition) is 5. The Morgan fingerprint density at radius 2 is 1.63 bits per heavy atom. The standard InChI is InChI=1S/C22H18F7N3O2S/c23-16-1-2-17-18(12-16)35-20(30-17)32(4-3-31-5-7-34-8-6-31)19(33)13-9-14(21(24,25)26)11-15(10-13)22(27,28)29/h1-2,9-12H,3-8H2. The van der Waals surface area contributed by atoms with E-state index in [2.05, 4.69) is 4.98 Å². The Kier molecular flexibility index (Phi) is 7.02. The van der Waals surface area contributed by atoms with Crippen LogP contribution in [0.2, 0.25) is 0 Å². The molecule has 4 rings (SSSR count). The zero-order valence-electron chi connectivity index (χ0n) is 17.9. The molecule has 1 saturated heterocycles. The van der Waals surface area contributed by atoms with Crippen molar-refractivity contribution in [2.45, 2.75) is 12.4 Å². The summed E-state index contributed by atoms with van der Waals surface area (Å²) in [7, 11) is 0. The van der Waals surface area contributed by atoms with Gasteiger partial charge < -0.3 is 4.74 Å². The summed E-state index contributed by atoms with van der Waals surface area (Å²) in [5, 5.41) is 0.0369. The number of thiazole rings is 1. The monoisotopic (exact) mass is 521 g/mol. The molecule has 2 aromatic carbocycles. The summed E-state index contributed by atoms with van der Waals surface area (Å²) in [5.41, 5.74) is -3.61. The Bertz CT molecular complexity index is 1190. The van der Waals surface area contributed by atoms with E-state index in [-0.39, 0.29) is 24.3 Å². The lowest BCUT2D eigenvalue weighted by Crippen LogP contribution is -2.43. The second-order valence-corrected chi connectivity index (χ2v) is 8.82. The molecule has 1 aliphatic heterocycles. The second kappa shape index (κ2) is 9.70. The van der Waals surface area contributed by atoms with E-state index in [1.54, 1.807) is 0 Å². The number of carbonyl (C=O) groups is 1. The zero-order chi connectivity index (χ0) is 25.4. The Hall–Kier alpha value is -2.77. The first-order chi connectivity index (χ1) is 16.4. The van der Waals surface area contributed by atoms with Crippen molar-refractivity contribution >= 4 is 32.6 Å². The molecular weight excluding hydrogens is 503 g/mol. The number of aromatic nitrogens is 1. The smallest absolute Gasteiger partial charge is 0.379 e. The number of ether oxygens (including phenoxy) is 1. The van der Waals surface area contributed by atoms with Crippen molar-refractivity contribution in [3.05, 3.63) is 58.9 Å². The summed E-state index contributed by atoms with van der Waals surface area (Å²) in [6, 6.07) is 4.48. The van der Waals surface area contributed by atoms with Gasteiger partial charge in [0.15, 0.2) is 5.13 Å². The normalized spacial score (nSPS) is 15.5. The van der Waals surface area contributed by atoms with E-state index in [0.29, 0.717) is 48.7 Å². The van der Waals surface area contributed by atoms with Gasteiger partial charge in [-0.15, -0.1) is 0 Å². The first kappa shape index (κ1) is 25.3. The number of carbonyl (C=O) groups excluding carboxylic acids is 1. The van der Waals surface area contributed by atoms with Gasteiger partial charge >= 0.3 is 12.4 Å². The first-order valence-electron chi connectivity index (χ1n) is 10.4. The molecule has 1 amide bonds. The van der Waals surface area contributed by atoms with Gasteiger partial charge in [0, 0.05) is 31.7 Å². The molecule has 0 N–H and O–H groups in total. The molecule has 188 valence electrons. The number of rotatable bonds is 5. The lowest BCUT2D eigenvalue weighted by molar-refractivity contribution is -0.143. The van der Waals surface area contributed by atoms with Crippen molar-refractivity contribution in [1.29, 1.82) is 0 Å². The van der Waals surface area contributed by atoms with Crippen LogP contribution < -0.4 is 4.90 Å². The third kappa shape index (κ3) is 5.90. The van der Waals surface area contributed by atoms with E-state index in [1.165, 1.54) is 12.1 Å². The molecule has 3 aromatic rings. The Labute approximate surface area is 198 Å². The highest BCUT2D eigenvalue weighted by Gasteiger charge is 2.38. The number of halogens is 7. The van der Waals surface area contributed by atoms with Gasteiger partial charge in [0.25, 0.3) is 5.91 Å². The molecule has 0 saturated carbocycles. The van der Waals surface area contributed by atoms with Crippen LogP contribution in [0.5, 0.6) is 0 Å². The van der Waals surface area contributed by atoms with Crippen LogP contribution in [0, 0.1) is 5.82 Å². The fourth-order valence-electron chi connectivity index (χ4n) is 3.59. The van der Waals surface area contributed by atoms with E-state index < -0.39 is 40.8 Å². The third-order valence-corrected chi connectivity index (χ3v) is 6.43. The molecule has 0 radical (unpaired) electrons. The number of alkyl halides is 6. The number of anilines is 1. The van der Waals surface area contributed by atoms with Crippen molar-refractivity contribution in [3.8, 4) is 0 Å². The summed E-state index contributed by atoms with van der Waals surface area (Å²) in [5.74, 6) is -1.62. The van der Waals surface area contributed by atoms with Crippen LogP contribution in [0.3, 0.4) is 0 Å². The van der Waals surface area contributed by atoms with Crippen molar-refractivity contribution in [2.75, 3.05) is 44.3 Å². The minimum absolute atomic E-state index is 0.0324. The maximum Gasteiger partial charge on any atom is 0.416 e. The summed E-state index contributed by atoms with van der Waals surface area (Å²) in [6.07, 6.45) is -10.2. The van der Waals surface area contributed by atoms with E-state index in [9.17, 15) is 35.5 Å². The predicted octanol–water partition coefficient (Wildman–Crippen LogP) is 5.45. The van der Waals surface area contributed by atoms with Gasteiger partial charge in [0.05, 0.1) is 34.6 Å². The Morgan fingerprint density at radius 3 is 2.23 bits per heavy atom. The maximum absolute atomic E-state index is 13.6. The zero-order valence-corrected chi connectivity index (χ0v) is 18.7. The quantitative estimate of drug-likeness (QED) is 0.419. The van der Waals surface area contributed by atoms with Crippen molar-refractivity contribution in [3.63, 3.8) is 0 Å². The molecular formula is C22H18F7N3O2S. The minimum Gasteiger partial charge on any atom is -0.379 e. The molecule has 0 spiro atoms. The molecule has 1 aromatic heterocycles. The van der Waals surface area contributed by atoms with Gasteiger partial charge in [-0.05, 0) is 36.4 Å². The first-order valence-corrected chi connectivity index (χ1v) is 11.2. The van der Waals surface area contributed by atoms with Crippen LogP contribution in [0.4, 0.5) is 35.9 Å².